The van der Waals surface area contributed by atoms with E-state index >= 15 is 0 Å². The van der Waals surface area contributed by atoms with Gasteiger partial charge >= 0.3 is 0 Å². The number of nitro groups is 1. The number of hydrogen-bond acceptors (Lipinski definition) is 2. The second-order valence-corrected chi connectivity index (χ2v) is 3.10. The van der Waals surface area contributed by atoms with Crippen LogP contribution < -0.4 is 0 Å². The average molecular weight is 224 g/mol. The second-order valence-electron chi connectivity index (χ2n) is 3.10. The molecule has 0 amide bonds. The highest BCUT2D eigenvalue weighted by atomic mass is 19.1. The van der Waals surface area contributed by atoms with Crippen LogP contribution in [-0.2, 0) is 0 Å². The Morgan fingerprint density at radius 2 is 1.81 bits per heavy atom. The Labute approximate surface area is 88.9 Å². The first-order valence-corrected chi connectivity index (χ1v) is 4.36. The lowest BCUT2D eigenvalue weighted by Crippen LogP contribution is -1.98. The lowest BCUT2D eigenvalue weighted by Gasteiger charge is -2.04. The maximum absolute atomic E-state index is 13.3. The number of halogens is 2. The standard InChI is InChI=1S/C10H6F2N2O2/c11-8-2-1-3-9(12)10(8)13-5-4-7(6-13)14(15)16/h1-6H. The molecule has 4 nitrogen and oxygen atoms in total. The van der Waals surface area contributed by atoms with E-state index in [-0.39, 0.29) is 11.4 Å². The van der Waals surface area contributed by atoms with Gasteiger partial charge in [-0.15, -0.1) is 0 Å². The molecule has 1 aromatic carbocycles. The van der Waals surface area contributed by atoms with Crippen molar-refractivity contribution in [2.75, 3.05) is 0 Å². The topological polar surface area (TPSA) is 48.1 Å². The fourth-order valence-electron chi connectivity index (χ4n) is 1.37. The van der Waals surface area contributed by atoms with Gasteiger partial charge in [0.15, 0.2) is 0 Å². The predicted octanol–water partition coefficient (Wildman–Crippen LogP) is 2.66. The first-order valence-electron chi connectivity index (χ1n) is 4.36. The summed E-state index contributed by atoms with van der Waals surface area (Å²) in [6.45, 7) is 0. The van der Waals surface area contributed by atoms with Crippen LogP contribution in [-0.4, -0.2) is 9.49 Å². The summed E-state index contributed by atoms with van der Waals surface area (Å²) in [5.41, 5.74) is -0.543. The molecule has 0 unspecified atom stereocenters. The van der Waals surface area contributed by atoms with E-state index in [2.05, 4.69) is 0 Å². The summed E-state index contributed by atoms with van der Waals surface area (Å²) in [5, 5.41) is 10.4. The van der Waals surface area contributed by atoms with Crippen LogP contribution in [0.3, 0.4) is 0 Å². The largest absolute Gasteiger partial charge is 0.312 e. The molecular formula is C10H6F2N2O2. The van der Waals surface area contributed by atoms with Crippen LogP contribution in [0.2, 0.25) is 0 Å². The molecule has 0 fully saturated rings. The van der Waals surface area contributed by atoms with Gasteiger partial charge in [0.05, 0.1) is 11.1 Å². The Balaban J connectivity index is 2.54. The molecule has 0 aliphatic rings. The summed E-state index contributed by atoms with van der Waals surface area (Å²) in [6.07, 6.45) is 2.29. The van der Waals surface area contributed by atoms with Crippen LogP contribution in [0, 0.1) is 21.7 Å². The van der Waals surface area contributed by atoms with Crippen LogP contribution in [0.5, 0.6) is 0 Å². The third-order valence-electron chi connectivity index (χ3n) is 2.08. The van der Waals surface area contributed by atoms with Gasteiger partial charge in [0.1, 0.15) is 17.3 Å². The van der Waals surface area contributed by atoms with Crippen LogP contribution in [0.15, 0.2) is 36.7 Å². The fraction of sp³-hybridized carbons (Fsp3) is 0. The predicted molar refractivity (Wildman–Crippen MR) is 52.3 cm³/mol. The van der Waals surface area contributed by atoms with E-state index < -0.39 is 16.6 Å². The lowest BCUT2D eigenvalue weighted by molar-refractivity contribution is -0.384. The number of hydrogen-bond donors (Lipinski definition) is 0. The zero-order valence-corrected chi connectivity index (χ0v) is 7.93. The van der Waals surface area contributed by atoms with Crippen molar-refractivity contribution in [1.82, 2.24) is 4.57 Å². The first-order chi connectivity index (χ1) is 7.59. The van der Waals surface area contributed by atoms with Gasteiger partial charge in [-0.3, -0.25) is 10.1 Å². The van der Waals surface area contributed by atoms with Crippen LogP contribution in [0.1, 0.15) is 0 Å². The Morgan fingerprint density at radius 3 is 2.31 bits per heavy atom. The van der Waals surface area contributed by atoms with Crippen molar-refractivity contribution < 1.29 is 13.7 Å². The summed E-state index contributed by atoms with van der Waals surface area (Å²) in [7, 11) is 0. The number of nitrogens with zero attached hydrogens (tertiary/aromatic N) is 2. The van der Waals surface area contributed by atoms with Gasteiger partial charge in [-0.2, -0.15) is 0 Å². The minimum absolute atomic E-state index is 0.220. The Bertz CT molecular complexity index is 531. The summed E-state index contributed by atoms with van der Waals surface area (Å²) in [6, 6.07) is 4.58. The van der Waals surface area contributed by atoms with Crippen molar-refractivity contribution in [3.63, 3.8) is 0 Å². The van der Waals surface area contributed by atoms with E-state index in [9.17, 15) is 18.9 Å². The minimum Gasteiger partial charge on any atom is -0.312 e. The first kappa shape index (κ1) is 10.3. The van der Waals surface area contributed by atoms with Crippen molar-refractivity contribution in [3.05, 3.63) is 58.4 Å². The normalized spacial score (nSPS) is 10.4. The minimum atomic E-state index is -0.773. The van der Waals surface area contributed by atoms with Crippen LogP contribution in [0.4, 0.5) is 14.5 Å². The Hall–Kier alpha value is -2.24. The molecule has 0 aliphatic heterocycles. The van der Waals surface area contributed by atoms with E-state index in [0.29, 0.717) is 0 Å². The maximum atomic E-state index is 13.3. The molecule has 82 valence electrons. The number of para-hydroxylation sites is 1. The molecule has 0 spiro atoms. The smallest absolute Gasteiger partial charge is 0.287 e. The number of benzene rings is 1. The van der Waals surface area contributed by atoms with Gasteiger partial charge in [-0.1, -0.05) is 6.07 Å². The van der Waals surface area contributed by atoms with E-state index in [0.717, 1.165) is 22.9 Å². The molecule has 1 heterocycles. The van der Waals surface area contributed by atoms with Crippen molar-refractivity contribution in [2.45, 2.75) is 0 Å². The van der Waals surface area contributed by atoms with E-state index in [1.807, 2.05) is 0 Å². The fourth-order valence-corrected chi connectivity index (χ4v) is 1.37. The third-order valence-corrected chi connectivity index (χ3v) is 2.08. The quantitative estimate of drug-likeness (QED) is 0.581. The highest BCUT2D eigenvalue weighted by Crippen LogP contribution is 2.21. The SMILES string of the molecule is O=[N+]([O-])c1ccn(-c2c(F)cccc2F)c1. The molecule has 2 aromatic rings. The van der Waals surface area contributed by atoms with Gasteiger partial charge < -0.3 is 4.57 Å². The molecule has 0 saturated carbocycles. The Kier molecular flexibility index (Phi) is 2.40. The van der Waals surface area contributed by atoms with Crippen molar-refractivity contribution in [1.29, 1.82) is 0 Å². The summed E-state index contributed by atoms with van der Waals surface area (Å²) < 4.78 is 27.7. The van der Waals surface area contributed by atoms with Gasteiger partial charge in [-0.25, -0.2) is 8.78 Å². The average Bonchev–Trinajstić information content (AvgIpc) is 2.66. The molecule has 0 bridgehead atoms. The zero-order chi connectivity index (χ0) is 11.7. The molecule has 16 heavy (non-hydrogen) atoms. The van der Waals surface area contributed by atoms with E-state index in [1.165, 1.54) is 18.3 Å². The summed E-state index contributed by atoms with van der Waals surface area (Å²) >= 11 is 0. The highest BCUT2D eigenvalue weighted by Gasteiger charge is 2.14. The van der Waals surface area contributed by atoms with Gasteiger partial charge in [0.25, 0.3) is 5.69 Å². The molecule has 1 aromatic heterocycles. The molecular weight excluding hydrogens is 218 g/mol. The molecule has 0 radical (unpaired) electrons. The van der Waals surface area contributed by atoms with Crippen LogP contribution >= 0.6 is 0 Å². The molecule has 6 heteroatoms. The van der Waals surface area contributed by atoms with Crippen molar-refractivity contribution >= 4 is 5.69 Å². The summed E-state index contributed by atoms with van der Waals surface area (Å²) in [5.74, 6) is -1.55. The zero-order valence-electron chi connectivity index (χ0n) is 7.93. The van der Waals surface area contributed by atoms with Gasteiger partial charge in [0.2, 0.25) is 0 Å². The lowest BCUT2D eigenvalue weighted by atomic mass is 10.3. The molecule has 0 aliphatic carbocycles. The Morgan fingerprint density at radius 1 is 1.19 bits per heavy atom. The van der Waals surface area contributed by atoms with Crippen molar-refractivity contribution in [2.24, 2.45) is 0 Å². The highest BCUT2D eigenvalue weighted by molar-refractivity contribution is 5.40. The van der Waals surface area contributed by atoms with E-state index in [1.54, 1.807) is 0 Å². The van der Waals surface area contributed by atoms with E-state index in [4.69, 9.17) is 0 Å². The second kappa shape index (κ2) is 3.73. The molecule has 0 N–H and O–H groups in total. The van der Waals surface area contributed by atoms with Crippen LogP contribution in [0.25, 0.3) is 5.69 Å². The molecule has 0 atom stereocenters. The molecule has 0 saturated heterocycles. The van der Waals surface area contributed by atoms with Gasteiger partial charge in [-0.05, 0) is 12.1 Å². The third kappa shape index (κ3) is 1.65. The number of aromatic nitrogens is 1. The summed E-state index contributed by atoms with van der Waals surface area (Å²) in [4.78, 5) is 9.79. The number of rotatable bonds is 2. The van der Waals surface area contributed by atoms with Gasteiger partial charge in [0, 0.05) is 12.3 Å². The monoisotopic (exact) mass is 224 g/mol. The molecule has 2 rings (SSSR count). The van der Waals surface area contributed by atoms with Crippen molar-refractivity contribution in [3.8, 4) is 5.69 Å². The maximum Gasteiger partial charge on any atom is 0.287 e.